The minimum Gasteiger partial charge on any atom is -0.378 e. The lowest BCUT2D eigenvalue weighted by Gasteiger charge is -2.40. The molecule has 1 saturated carbocycles. The molecule has 4 aromatic rings. The van der Waals surface area contributed by atoms with E-state index in [0.717, 1.165) is 66.7 Å². The fourth-order valence-corrected chi connectivity index (χ4v) is 5.20. The summed E-state index contributed by atoms with van der Waals surface area (Å²) in [6.45, 7) is 5.36. The smallest absolute Gasteiger partial charge is 0.182 e. The van der Waals surface area contributed by atoms with Crippen LogP contribution in [0.4, 0.5) is 11.5 Å². The number of anilines is 2. The molecule has 6 rings (SSSR count). The van der Waals surface area contributed by atoms with E-state index in [-0.39, 0.29) is 12.3 Å². The molecule has 0 amide bonds. The maximum absolute atomic E-state index is 10.6. The average Bonchev–Trinajstić information content (AvgIpc) is 3.60. The van der Waals surface area contributed by atoms with Gasteiger partial charge in [-0.25, -0.2) is 15.0 Å². The number of imidazole rings is 1. The molecule has 0 radical (unpaired) electrons. The first-order valence-corrected chi connectivity index (χ1v) is 12.1. The van der Waals surface area contributed by atoms with Gasteiger partial charge in [0, 0.05) is 43.3 Å². The molecule has 2 fully saturated rings. The van der Waals surface area contributed by atoms with Crippen LogP contribution in [0, 0.1) is 5.92 Å². The number of halogens is 1. The highest BCUT2D eigenvalue weighted by atomic mass is 35.5. The van der Waals surface area contributed by atoms with E-state index in [2.05, 4.69) is 42.0 Å². The number of piperazine rings is 1. The van der Waals surface area contributed by atoms with E-state index in [1.807, 2.05) is 24.4 Å². The van der Waals surface area contributed by atoms with Crippen LogP contribution in [-0.2, 0) is 0 Å². The minimum atomic E-state index is -0.322. The molecule has 0 bridgehead atoms. The molecule has 1 aliphatic heterocycles. The molecule has 176 valence electrons. The van der Waals surface area contributed by atoms with Crippen LogP contribution >= 0.6 is 11.6 Å². The number of aliphatic hydroxyl groups is 1. The van der Waals surface area contributed by atoms with Crippen LogP contribution in [0.5, 0.6) is 0 Å². The second kappa shape index (κ2) is 8.65. The maximum atomic E-state index is 10.6. The molecular weight excluding hydrogens is 452 g/mol. The van der Waals surface area contributed by atoms with Gasteiger partial charge in [-0.3, -0.25) is 9.88 Å². The molecular formula is C24H27ClN8O. The Morgan fingerprint density at radius 2 is 1.97 bits per heavy atom. The van der Waals surface area contributed by atoms with Crippen LogP contribution in [0.1, 0.15) is 31.4 Å². The lowest BCUT2D eigenvalue weighted by Crippen LogP contribution is -2.51. The maximum Gasteiger partial charge on any atom is 0.182 e. The van der Waals surface area contributed by atoms with Gasteiger partial charge < -0.3 is 20.3 Å². The van der Waals surface area contributed by atoms with Gasteiger partial charge in [0.05, 0.1) is 28.6 Å². The molecule has 2 atom stereocenters. The molecule has 34 heavy (non-hydrogen) atoms. The van der Waals surface area contributed by atoms with Crippen molar-refractivity contribution in [1.82, 2.24) is 29.8 Å². The van der Waals surface area contributed by atoms with Crippen LogP contribution in [0.2, 0.25) is 5.02 Å². The highest BCUT2D eigenvalue weighted by Gasteiger charge is 2.36. The van der Waals surface area contributed by atoms with Gasteiger partial charge in [0.25, 0.3) is 0 Å². The van der Waals surface area contributed by atoms with Crippen LogP contribution in [0.15, 0.2) is 37.1 Å². The zero-order valence-corrected chi connectivity index (χ0v) is 19.7. The van der Waals surface area contributed by atoms with Crippen molar-refractivity contribution in [2.75, 3.05) is 36.4 Å². The van der Waals surface area contributed by atoms with Crippen molar-refractivity contribution in [2.45, 2.75) is 32.0 Å². The first kappa shape index (κ1) is 21.5. The van der Waals surface area contributed by atoms with Gasteiger partial charge in [-0.2, -0.15) is 0 Å². The third kappa shape index (κ3) is 3.83. The Morgan fingerprint density at radius 1 is 1.15 bits per heavy atom. The third-order valence-electron chi connectivity index (χ3n) is 6.94. The first-order valence-electron chi connectivity index (χ1n) is 11.7. The summed E-state index contributed by atoms with van der Waals surface area (Å²) in [6.07, 6.45) is 6.89. The van der Waals surface area contributed by atoms with E-state index in [1.165, 1.54) is 6.33 Å². The Bertz CT molecular complexity index is 1330. The number of nitrogens with one attached hydrogen (secondary N) is 2. The largest absolute Gasteiger partial charge is 0.378 e. The monoisotopic (exact) mass is 478 g/mol. The van der Waals surface area contributed by atoms with Crippen LogP contribution in [-0.4, -0.2) is 67.3 Å². The molecule has 2 unspecified atom stereocenters. The summed E-state index contributed by atoms with van der Waals surface area (Å²) >= 11 is 6.73. The number of aromatic nitrogens is 5. The Kier molecular flexibility index (Phi) is 5.47. The first-order chi connectivity index (χ1) is 16.6. The summed E-state index contributed by atoms with van der Waals surface area (Å²) in [5.41, 5.74) is 4.41. The molecule has 1 aliphatic carbocycles. The lowest BCUT2D eigenvalue weighted by molar-refractivity contribution is -0.0158. The molecule has 10 heteroatoms. The third-order valence-corrected chi connectivity index (χ3v) is 7.25. The number of fused-ring (bicyclic) bond motifs is 2. The van der Waals surface area contributed by atoms with Crippen LogP contribution < -0.4 is 10.2 Å². The quantitative estimate of drug-likeness (QED) is 0.386. The second-order valence-corrected chi connectivity index (χ2v) is 9.57. The Morgan fingerprint density at radius 3 is 2.76 bits per heavy atom. The summed E-state index contributed by atoms with van der Waals surface area (Å²) in [7, 11) is 0. The standard InChI is InChI=1S/C24H27ClN8O/c1-14(31-23-20-22(28-12-27-20)29-13-30-23)17-11-18(25)16-3-2-6-26-19(16)21(17)32-7-9-33(10-8-32)24(34)15-4-5-15/h2-3,6,11-15,24,34H,4-5,7-10H2,1H3,(H2,27,28,29,30,31). The lowest BCUT2D eigenvalue weighted by atomic mass is 10.0. The highest BCUT2D eigenvalue weighted by Crippen LogP contribution is 2.40. The molecule has 9 nitrogen and oxygen atoms in total. The van der Waals surface area contributed by atoms with E-state index in [4.69, 9.17) is 16.6 Å². The number of H-pyrrole nitrogens is 1. The topological polar surface area (TPSA) is 106 Å². The zero-order valence-electron chi connectivity index (χ0n) is 18.9. The number of hydrogen-bond donors (Lipinski definition) is 3. The van der Waals surface area contributed by atoms with E-state index in [1.54, 1.807) is 6.33 Å². The van der Waals surface area contributed by atoms with Crippen molar-refractivity contribution in [1.29, 1.82) is 0 Å². The van der Waals surface area contributed by atoms with Gasteiger partial charge in [-0.15, -0.1) is 0 Å². The predicted octanol–water partition coefficient (Wildman–Crippen LogP) is 3.58. The summed E-state index contributed by atoms with van der Waals surface area (Å²) < 4.78 is 0. The van der Waals surface area contributed by atoms with Gasteiger partial charge in [0.1, 0.15) is 18.1 Å². The number of benzene rings is 1. The van der Waals surface area contributed by atoms with Gasteiger partial charge in [0.2, 0.25) is 0 Å². The SMILES string of the molecule is CC(Nc1ncnc2nc[nH]c12)c1cc(Cl)c2cccnc2c1N1CCN(C(O)C2CC2)CC1. The fourth-order valence-electron chi connectivity index (χ4n) is 4.93. The van der Waals surface area contributed by atoms with E-state index < -0.39 is 0 Å². The average molecular weight is 479 g/mol. The highest BCUT2D eigenvalue weighted by molar-refractivity contribution is 6.36. The predicted molar refractivity (Wildman–Crippen MR) is 133 cm³/mol. The number of aromatic amines is 1. The summed E-state index contributed by atoms with van der Waals surface area (Å²) in [6, 6.07) is 5.87. The second-order valence-electron chi connectivity index (χ2n) is 9.16. The Labute approximate surface area is 202 Å². The number of pyridine rings is 1. The molecule has 3 aromatic heterocycles. The summed E-state index contributed by atoms with van der Waals surface area (Å²) in [5.74, 6) is 1.13. The Balaban J connectivity index is 1.36. The van der Waals surface area contributed by atoms with Gasteiger partial charge in [0.15, 0.2) is 11.5 Å². The fraction of sp³-hybridized carbons (Fsp3) is 0.417. The van der Waals surface area contributed by atoms with Gasteiger partial charge in [-0.05, 0) is 43.9 Å². The zero-order chi connectivity index (χ0) is 23.2. The van der Waals surface area contributed by atoms with Crippen molar-refractivity contribution in [3.63, 3.8) is 0 Å². The van der Waals surface area contributed by atoms with E-state index >= 15 is 0 Å². The molecule has 4 heterocycles. The normalized spacial score (nSPS) is 19.0. The van der Waals surface area contributed by atoms with Gasteiger partial charge >= 0.3 is 0 Å². The molecule has 2 aliphatic rings. The number of hydrogen-bond acceptors (Lipinski definition) is 8. The van der Waals surface area contributed by atoms with Crippen molar-refractivity contribution in [3.05, 3.63) is 47.6 Å². The van der Waals surface area contributed by atoms with Crippen LogP contribution in [0.3, 0.4) is 0 Å². The summed E-state index contributed by atoms with van der Waals surface area (Å²) in [4.78, 5) is 25.3. The van der Waals surface area contributed by atoms with E-state index in [9.17, 15) is 5.11 Å². The van der Waals surface area contributed by atoms with Crippen molar-refractivity contribution >= 4 is 45.2 Å². The minimum absolute atomic E-state index is 0.101. The summed E-state index contributed by atoms with van der Waals surface area (Å²) in [5, 5.41) is 15.7. The van der Waals surface area contributed by atoms with Crippen molar-refractivity contribution in [2.24, 2.45) is 5.92 Å². The number of rotatable bonds is 6. The molecule has 1 saturated heterocycles. The van der Waals surface area contributed by atoms with E-state index in [0.29, 0.717) is 22.4 Å². The number of nitrogens with zero attached hydrogens (tertiary/aromatic N) is 6. The van der Waals surface area contributed by atoms with Crippen molar-refractivity contribution in [3.8, 4) is 0 Å². The van der Waals surface area contributed by atoms with Crippen molar-refractivity contribution < 1.29 is 5.11 Å². The number of aliphatic hydroxyl groups excluding tert-OH is 1. The molecule has 3 N–H and O–H groups in total. The molecule has 0 spiro atoms. The molecule has 1 aromatic carbocycles. The van der Waals surface area contributed by atoms with Crippen LogP contribution in [0.25, 0.3) is 22.1 Å². The Hall–Kier alpha value is -3.01. The van der Waals surface area contributed by atoms with Gasteiger partial charge in [-0.1, -0.05) is 11.6 Å².